The van der Waals surface area contributed by atoms with E-state index in [1.165, 1.54) is 16.8 Å². The van der Waals surface area contributed by atoms with Crippen LogP contribution in [0.5, 0.6) is 0 Å². The number of hydrogen-bond acceptors (Lipinski definition) is 2. The van der Waals surface area contributed by atoms with Crippen molar-refractivity contribution in [3.63, 3.8) is 0 Å². The van der Waals surface area contributed by atoms with E-state index in [0.29, 0.717) is 0 Å². The number of fused-ring (bicyclic) bond motifs is 2. The van der Waals surface area contributed by atoms with Crippen molar-refractivity contribution >= 4 is 14.4 Å². The number of rotatable bonds is 7. The normalized spacial score (nSPS) is 25.4. The lowest BCUT2D eigenvalue weighted by molar-refractivity contribution is 0.0160. The molecule has 0 aliphatic heterocycles. The maximum atomic E-state index is 7.19. The van der Waals surface area contributed by atoms with E-state index >= 15 is 0 Å². The number of para-hydroxylation sites is 1. The van der Waals surface area contributed by atoms with Crippen LogP contribution in [0.3, 0.4) is 0 Å². The quantitative estimate of drug-likeness (QED) is 0.384. The second kappa shape index (κ2) is 7.87. The van der Waals surface area contributed by atoms with Gasteiger partial charge in [0.15, 0.2) is 8.32 Å². The van der Waals surface area contributed by atoms with Gasteiger partial charge in [0.25, 0.3) is 0 Å². The highest BCUT2D eigenvalue weighted by Gasteiger charge is 2.60. The van der Waals surface area contributed by atoms with Gasteiger partial charge in [-0.25, -0.2) is 4.68 Å². The summed E-state index contributed by atoms with van der Waals surface area (Å²) >= 11 is 0. The zero-order chi connectivity index (χ0) is 21.4. The van der Waals surface area contributed by atoms with Crippen LogP contribution in [0.4, 0.5) is 0 Å². The molecule has 158 valence electrons. The predicted molar refractivity (Wildman–Crippen MR) is 127 cm³/mol. The molecular formula is C26H34N2OSi. The number of hydrogen-bond donors (Lipinski definition) is 0. The zero-order valence-electron chi connectivity index (χ0n) is 18.9. The first-order valence-corrected chi connectivity index (χ1v) is 14.1. The number of benzene rings is 1. The molecule has 3 nitrogen and oxygen atoms in total. The van der Waals surface area contributed by atoms with Crippen LogP contribution in [-0.2, 0) is 10.8 Å². The minimum Gasteiger partial charge on any atom is -0.400 e. The molecule has 1 heterocycles. The van der Waals surface area contributed by atoms with Crippen LogP contribution in [0.15, 0.2) is 42.1 Å². The Morgan fingerprint density at radius 3 is 2.43 bits per heavy atom. The highest BCUT2D eigenvalue weighted by atomic mass is 28.4. The standard InChI is InChI=1S/C26H34N2OSi/c1-6-25-19-21-20-27-28(23-14-12-11-13-15-23)24(21)18-22(25)16-17-26(25,7-2)29-30(8-3,9-4)10-5/h2,11-15,18,20H,6,8-10,16-17,19H2,1,3-5H3/t25-,26-/m0/s1. The molecule has 0 spiro atoms. The minimum absolute atomic E-state index is 0.114. The minimum atomic E-state index is -1.84. The first-order valence-electron chi connectivity index (χ1n) is 11.5. The Labute approximate surface area is 182 Å². The number of terminal acetylenes is 1. The fourth-order valence-corrected chi connectivity index (χ4v) is 8.85. The van der Waals surface area contributed by atoms with Gasteiger partial charge in [-0.1, -0.05) is 57.4 Å². The molecule has 2 aliphatic carbocycles. The summed E-state index contributed by atoms with van der Waals surface area (Å²) in [7, 11) is -1.84. The average Bonchev–Trinajstić information content (AvgIpc) is 3.35. The maximum absolute atomic E-state index is 7.19. The maximum Gasteiger partial charge on any atom is 0.194 e. The molecule has 4 heteroatoms. The first-order chi connectivity index (χ1) is 14.5. The molecule has 30 heavy (non-hydrogen) atoms. The molecule has 2 atom stereocenters. The molecule has 0 unspecified atom stereocenters. The van der Waals surface area contributed by atoms with Gasteiger partial charge >= 0.3 is 0 Å². The van der Waals surface area contributed by atoms with E-state index in [4.69, 9.17) is 15.9 Å². The third-order valence-electron chi connectivity index (χ3n) is 7.98. The molecule has 1 saturated carbocycles. The molecule has 0 N–H and O–H groups in total. The van der Waals surface area contributed by atoms with E-state index in [0.717, 1.165) is 49.5 Å². The Kier molecular flexibility index (Phi) is 5.55. The van der Waals surface area contributed by atoms with E-state index in [1.54, 1.807) is 0 Å². The second-order valence-electron chi connectivity index (χ2n) is 8.90. The van der Waals surface area contributed by atoms with Crippen LogP contribution in [0, 0.1) is 17.8 Å². The lowest BCUT2D eigenvalue weighted by Crippen LogP contribution is -2.55. The second-order valence-corrected chi connectivity index (χ2v) is 13.6. The monoisotopic (exact) mass is 418 g/mol. The Balaban J connectivity index is 1.80. The number of nitrogens with zero attached hydrogens (tertiary/aromatic N) is 2. The molecule has 1 aromatic carbocycles. The fourth-order valence-electron chi connectivity index (χ4n) is 5.82. The summed E-state index contributed by atoms with van der Waals surface area (Å²) in [5, 5.41) is 4.75. The molecule has 0 amide bonds. The largest absolute Gasteiger partial charge is 0.400 e. The topological polar surface area (TPSA) is 27.1 Å². The van der Waals surface area contributed by atoms with Gasteiger partial charge in [-0.05, 0) is 67.6 Å². The van der Waals surface area contributed by atoms with Gasteiger partial charge in [-0.15, -0.1) is 6.42 Å². The van der Waals surface area contributed by atoms with Crippen LogP contribution >= 0.6 is 0 Å². The number of aromatic nitrogens is 2. The van der Waals surface area contributed by atoms with E-state index in [1.807, 2.05) is 12.3 Å². The zero-order valence-corrected chi connectivity index (χ0v) is 19.9. The van der Waals surface area contributed by atoms with Crippen LogP contribution in [-0.4, -0.2) is 23.7 Å². The van der Waals surface area contributed by atoms with E-state index in [2.05, 4.69) is 68.6 Å². The molecule has 0 bridgehead atoms. The van der Waals surface area contributed by atoms with Gasteiger partial charge in [0.1, 0.15) is 5.60 Å². The molecule has 1 fully saturated rings. The van der Waals surface area contributed by atoms with E-state index in [-0.39, 0.29) is 5.41 Å². The Bertz CT molecular complexity index is 974. The van der Waals surface area contributed by atoms with Crippen molar-refractivity contribution in [1.82, 2.24) is 9.78 Å². The van der Waals surface area contributed by atoms with E-state index < -0.39 is 13.9 Å². The summed E-state index contributed by atoms with van der Waals surface area (Å²) in [6, 6.07) is 13.8. The van der Waals surface area contributed by atoms with Crippen molar-refractivity contribution in [2.75, 3.05) is 0 Å². The summed E-state index contributed by atoms with van der Waals surface area (Å²) in [6.07, 6.45) is 14.6. The lowest BCUT2D eigenvalue weighted by Gasteiger charge is -2.49. The van der Waals surface area contributed by atoms with Gasteiger partial charge in [0.2, 0.25) is 0 Å². The van der Waals surface area contributed by atoms with Gasteiger partial charge in [0, 0.05) is 5.41 Å². The van der Waals surface area contributed by atoms with Gasteiger partial charge in [0.05, 0.1) is 17.6 Å². The Morgan fingerprint density at radius 1 is 1.13 bits per heavy atom. The summed E-state index contributed by atoms with van der Waals surface area (Å²) < 4.78 is 9.26. The van der Waals surface area contributed by atoms with Gasteiger partial charge in [-0.2, -0.15) is 5.10 Å². The van der Waals surface area contributed by atoms with Crippen molar-refractivity contribution in [3.8, 4) is 18.0 Å². The summed E-state index contributed by atoms with van der Waals surface area (Å²) in [5.41, 5.74) is 4.45. The fraction of sp³-hybridized carbons (Fsp3) is 0.500. The molecule has 2 aromatic rings. The summed E-state index contributed by atoms with van der Waals surface area (Å²) in [5.74, 6) is 3.24. The third-order valence-corrected chi connectivity index (χ3v) is 12.6. The van der Waals surface area contributed by atoms with Crippen molar-refractivity contribution in [3.05, 3.63) is 53.4 Å². The molecular weight excluding hydrogens is 384 g/mol. The van der Waals surface area contributed by atoms with Crippen molar-refractivity contribution in [2.24, 2.45) is 5.41 Å². The van der Waals surface area contributed by atoms with Crippen LogP contribution < -0.4 is 0 Å². The smallest absolute Gasteiger partial charge is 0.194 e. The van der Waals surface area contributed by atoms with Gasteiger partial charge in [-0.3, -0.25) is 0 Å². The van der Waals surface area contributed by atoms with Crippen molar-refractivity contribution < 1.29 is 4.43 Å². The van der Waals surface area contributed by atoms with Crippen molar-refractivity contribution in [1.29, 1.82) is 0 Å². The first kappa shape index (κ1) is 21.2. The third kappa shape index (κ3) is 2.94. The van der Waals surface area contributed by atoms with Crippen LogP contribution in [0.1, 0.15) is 58.2 Å². The summed E-state index contributed by atoms with van der Waals surface area (Å²) in [6.45, 7) is 9.15. The van der Waals surface area contributed by atoms with Gasteiger partial charge < -0.3 is 4.43 Å². The SMILES string of the molecule is C#C[C@]1(O[Si](CC)(CC)CC)CCC2=Cc3c(cnn3-c3ccccc3)C[C@@]21CC. The Hall–Kier alpha value is -2.09. The molecule has 1 aromatic heterocycles. The van der Waals surface area contributed by atoms with Crippen LogP contribution in [0.25, 0.3) is 11.8 Å². The predicted octanol–water partition coefficient (Wildman–Crippen LogP) is 6.40. The molecule has 2 aliphatic rings. The highest BCUT2D eigenvalue weighted by molar-refractivity contribution is 6.73. The molecule has 4 rings (SSSR count). The van der Waals surface area contributed by atoms with E-state index in [9.17, 15) is 0 Å². The lowest BCUT2D eigenvalue weighted by atomic mass is 9.64. The molecule has 0 radical (unpaired) electrons. The Morgan fingerprint density at radius 2 is 1.83 bits per heavy atom. The van der Waals surface area contributed by atoms with Crippen molar-refractivity contribution in [2.45, 2.75) is 77.1 Å². The highest BCUT2D eigenvalue weighted by Crippen LogP contribution is 2.60. The van der Waals surface area contributed by atoms with Crippen LogP contribution in [0.2, 0.25) is 18.1 Å². The summed E-state index contributed by atoms with van der Waals surface area (Å²) in [4.78, 5) is 0. The average molecular weight is 419 g/mol. The molecule has 0 saturated heterocycles.